The van der Waals surface area contributed by atoms with Crippen LogP contribution >= 0.6 is 0 Å². The van der Waals surface area contributed by atoms with Crippen molar-refractivity contribution in [3.05, 3.63) is 35.4 Å². The third kappa shape index (κ3) is 3.94. The summed E-state index contributed by atoms with van der Waals surface area (Å²) in [6, 6.07) is 8.09. The first-order chi connectivity index (χ1) is 9.04. The first kappa shape index (κ1) is 13.8. The lowest BCUT2D eigenvalue weighted by molar-refractivity contribution is 0.0265. The number of rotatable bonds is 4. The van der Waals surface area contributed by atoms with Crippen molar-refractivity contribution in [3.8, 4) is 0 Å². The Kier molecular flexibility index (Phi) is 4.39. The fourth-order valence-corrected chi connectivity index (χ4v) is 2.11. The highest BCUT2D eigenvalue weighted by Crippen LogP contribution is 2.09. The van der Waals surface area contributed by atoms with Crippen LogP contribution in [0.3, 0.4) is 0 Å². The van der Waals surface area contributed by atoms with Crippen LogP contribution in [0.2, 0.25) is 0 Å². The number of hydrogen-bond donors (Lipinski definition) is 2. The van der Waals surface area contributed by atoms with Crippen LogP contribution in [0.25, 0.3) is 0 Å². The van der Waals surface area contributed by atoms with E-state index in [1.807, 2.05) is 26.2 Å². The summed E-state index contributed by atoms with van der Waals surface area (Å²) in [5.74, 6) is 0. The quantitative estimate of drug-likeness (QED) is 0.838. The molecule has 1 saturated heterocycles. The van der Waals surface area contributed by atoms with Crippen molar-refractivity contribution < 1.29 is 9.90 Å². The molecule has 1 heterocycles. The first-order valence-electron chi connectivity index (χ1n) is 6.48. The molecule has 2 rings (SSSR count). The summed E-state index contributed by atoms with van der Waals surface area (Å²) in [6.07, 6.45) is -0.353. The third-order valence-electron chi connectivity index (χ3n) is 3.08. The lowest BCUT2D eigenvalue weighted by atomic mass is 10.1. The molecule has 1 aromatic rings. The Hall–Kier alpha value is -1.59. The molecule has 0 aliphatic carbocycles. The van der Waals surface area contributed by atoms with Crippen molar-refractivity contribution in [1.82, 2.24) is 15.1 Å². The zero-order valence-corrected chi connectivity index (χ0v) is 11.5. The molecule has 0 bridgehead atoms. The highest BCUT2D eigenvalue weighted by atomic mass is 16.3. The number of hydrogen-bond acceptors (Lipinski definition) is 3. The van der Waals surface area contributed by atoms with Gasteiger partial charge in [0.1, 0.15) is 0 Å². The second kappa shape index (κ2) is 6.04. The van der Waals surface area contributed by atoms with Crippen molar-refractivity contribution in [3.63, 3.8) is 0 Å². The minimum absolute atomic E-state index is 0.108. The van der Waals surface area contributed by atoms with Crippen LogP contribution in [0.5, 0.6) is 0 Å². The van der Waals surface area contributed by atoms with Crippen LogP contribution in [0.15, 0.2) is 24.3 Å². The largest absolute Gasteiger partial charge is 0.389 e. The molecular weight excluding hydrogens is 242 g/mol. The summed E-state index contributed by atoms with van der Waals surface area (Å²) in [6.45, 7) is 2.28. The lowest BCUT2D eigenvalue weighted by Gasteiger charge is -2.35. The van der Waals surface area contributed by atoms with Gasteiger partial charge in [-0.05, 0) is 25.2 Å². The van der Waals surface area contributed by atoms with E-state index in [2.05, 4.69) is 22.3 Å². The van der Waals surface area contributed by atoms with Crippen LogP contribution in [0.1, 0.15) is 11.1 Å². The minimum atomic E-state index is -0.353. The average molecular weight is 263 g/mol. The van der Waals surface area contributed by atoms with E-state index in [1.54, 1.807) is 4.90 Å². The van der Waals surface area contributed by atoms with Gasteiger partial charge < -0.3 is 20.2 Å². The topological polar surface area (TPSA) is 55.8 Å². The number of nitrogens with zero attached hydrogens (tertiary/aromatic N) is 2. The van der Waals surface area contributed by atoms with E-state index in [0.717, 1.165) is 12.1 Å². The Labute approximate surface area is 113 Å². The molecule has 5 nitrogen and oxygen atoms in total. The number of likely N-dealkylation sites (tertiary alicyclic amines) is 1. The van der Waals surface area contributed by atoms with Crippen LogP contribution in [0.4, 0.5) is 4.79 Å². The van der Waals surface area contributed by atoms with Crippen molar-refractivity contribution in [2.75, 3.05) is 27.2 Å². The Bertz CT molecular complexity index is 442. The molecule has 0 atom stereocenters. The van der Waals surface area contributed by atoms with Crippen molar-refractivity contribution in [2.45, 2.75) is 19.2 Å². The van der Waals surface area contributed by atoms with Crippen LogP contribution in [0, 0.1) is 0 Å². The maximum Gasteiger partial charge on any atom is 0.317 e. The summed E-state index contributed by atoms with van der Waals surface area (Å²) in [7, 11) is 4.06. The second-order valence-corrected chi connectivity index (χ2v) is 5.28. The second-order valence-electron chi connectivity index (χ2n) is 5.28. The van der Waals surface area contributed by atoms with Crippen LogP contribution in [-0.4, -0.2) is 54.2 Å². The number of nitrogens with one attached hydrogen (secondary N) is 1. The molecule has 1 fully saturated rings. The Morgan fingerprint density at radius 3 is 2.74 bits per heavy atom. The molecule has 2 N–H and O–H groups in total. The molecule has 0 saturated carbocycles. The van der Waals surface area contributed by atoms with E-state index in [9.17, 15) is 4.79 Å². The Morgan fingerprint density at radius 1 is 1.42 bits per heavy atom. The smallest absolute Gasteiger partial charge is 0.317 e. The molecule has 5 heteroatoms. The summed E-state index contributed by atoms with van der Waals surface area (Å²) in [4.78, 5) is 15.4. The summed E-state index contributed by atoms with van der Waals surface area (Å²) in [5, 5.41) is 12.0. The van der Waals surface area contributed by atoms with Gasteiger partial charge in [0.15, 0.2) is 0 Å². The molecule has 1 aliphatic rings. The van der Waals surface area contributed by atoms with Crippen LogP contribution in [-0.2, 0) is 13.1 Å². The first-order valence-corrected chi connectivity index (χ1v) is 6.48. The number of carbonyl (C=O) groups excluding carboxylic acids is 1. The van der Waals surface area contributed by atoms with Crippen LogP contribution < -0.4 is 5.32 Å². The van der Waals surface area contributed by atoms with E-state index in [1.165, 1.54) is 5.56 Å². The maximum atomic E-state index is 11.7. The number of aliphatic hydroxyl groups excluding tert-OH is 1. The maximum absolute atomic E-state index is 11.7. The molecule has 0 spiro atoms. The predicted molar refractivity (Wildman–Crippen MR) is 73.6 cm³/mol. The van der Waals surface area contributed by atoms with Gasteiger partial charge in [-0.1, -0.05) is 24.3 Å². The molecule has 1 aliphatic heterocycles. The van der Waals surface area contributed by atoms with Gasteiger partial charge in [-0.25, -0.2) is 4.79 Å². The van der Waals surface area contributed by atoms with Gasteiger partial charge in [0.2, 0.25) is 0 Å². The van der Waals surface area contributed by atoms with Crippen molar-refractivity contribution in [1.29, 1.82) is 0 Å². The molecule has 0 unspecified atom stereocenters. The van der Waals surface area contributed by atoms with E-state index >= 15 is 0 Å². The Morgan fingerprint density at radius 2 is 2.11 bits per heavy atom. The minimum Gasteiger partial charge on any atom is -0.389 e. The van der Waals surface area contributed by atoms with E-state index in [-0.39, 0.29) is 12.1 Å². The molecular formula is C14H21N3O2. The zero-order chi connectivity index (χ0) is 13.8. The number of urea groups is 1. The Balaban J connectivity index is 1.83. The zero-order valence-electron chi connectivity index (χ0n) is 11.5. The number of amides is 2. The highest BCUT2D eigenvalue weighted by Gasteiger charge is 2.28. The van der Waals surface area contributed by atoms with E-state index < -0.39 is 0 Å². The van der Waals surface area contributed by atoms with Gasteiger partial charge in [0.05, 0.1) is 19.2 Å². The van der Waals surface area contributed by atoms with E-state index in [4.69, 9.17) is 5.11 Å². The molecule has 104 valence electrons. The van der Waals surface area contributed by atoms with Gasteiger partial charge in [0.25, 0.3) is 0 Å². The molecule has 2 amide bonds. The van der Waals surface area contributed by atoms with Gasteiger partial charge in [-0.3, -0.25) is 0 Å². The molecule has 0 radical (unpaired) electrons. The molecule has 19 heavy (non-hydrogen) atoms. The van der Waals surface area contributed by atoms with Gasteiger partial charge in [0, 0.05) is 13.1 Å². The summed E-state index contributed by atoms with van der Waals surface area (Å²) < 4.78 is 0. The average Bonchev–Trinajstić information content (AvgIpc) is 2.32. The molecule has 1 aromatic carbocycles. The predicted octanol–water partition coefficient (Wildman–Crippen LogP) is 0.634. The number of benzene rings is 1. The summed E-state index contributed by atoms with van der Waals surface area (Å²) >= 11 is 0. The van der Waals surface area contributed by atoms with Gasteiger partial charge in [-0.2, -0.15) is 0 Å². The SMILES string of the molecule is CN(C)Cc1cccc(CNC(=O)N2CC(O)C2)c1. The number of carbonyl (C=O) groups is 1. The van der Waals surface area contributed by atoms with E-state index in [0.29, 0.717) is 19.6 Å². The standard InChI is InChI=1S/C14H21N3O2/c1-16(2)8-12-5-3-4-11(6-12)7-15-14(19)17-9-13(18)10-17/h3-6,13,18H,7-10H2,1-2H3,(H,15,19). The van der Waals surface area contributed by atoms with Crippen molar-refractivity contribution >= 4 is 6.03 Å². The highest BCUT2D eigenvalue weighted by molar-refractivity contribution is 5.75. The lowest BCUT2D eigenvalue weighted by Crippen LogP contribution is -2.56. The fraction of sp³-hybridized carbons (Fsp3) is 0.500. The van der Waals surface area contributed by atoms with Gasteiger partial charge in [-0.15, -0.1) is 0 Å². The fourth-order valence-electron chi connectivity index (χ4n) is 2.11. The monoisotopic (exact) mass is 263 g/mol. The normalized spacial score (nSPS) is 15.5. The van der Waals surface area contributed by atoms with Crippen molar-refractivity contribution in [2.24, 2.45) is 0 Å². The molecule has 0 aromatic heterocycles. The summed E-state index contributed by atoms with van der Waals surface area (Å²) in [5.41, 5.74) is 2.32. The van der Waals surface area contributed by atoms with Gasteiger partial charge >= 0.3 is 6.03 Å². The number of β-amino-alcohol motifs (C(OH)–C–C–N with tert-alkyl or cyclic N) is 1. The third-order valence-corrected chi connectivity index (χ3v) is 3.08. The number of aliphatic hydroxyl groups is 1.